The van der Waals surface area contributed by atoms with E-state index >= 15 is 0 Å². The van der Waals surface area contributed by atoms with Crippen LogP contribution in [0.5, 0.6) is 0 Å². The van der Waals surface area contributed by atoms with Crippen LogP contribution in [0, 0.1) is 0 Å². The second-order valence-electron chi connectivity index (χ2n) is 8.14. The van der Waals surface area contributed by atoms with Gasteiger partial charge in [0, 0.05) is 32.9 Å². The smallest absolute Gasteiger partial charge is 0.337 e. The molecule has 3 aromatic rings. The van der Waals surface area contributed by atoms with E-state index in [-0.39, 0.29) is 40.1 Å². The summed E-state index contributed by atoms with van der Waals surface area (Å²) in [6, 6.07) is 0.745. The fourth-order valence-corrected chi connectivity index (χ4v) is 6.98. The van der Waals surface area contributed by atoms with E-state index in [9.17, 15) is 29.4 Å². The molecule has 3 aromatic heterocycles. The molecule has 0 aromatic carbocycles. The zero-order chi connectivity index (χ0) is 27.1. The monoisotopic (exact) mass is 574 g/mol. The number of nitrogens with one attached hydrogen (secondary N) is 1. The molecule has 5 rings (SSSR count). The lowest BCUT2D eigenvalue weighted by molar-refractivity contribution is -0.687. The molecule has 0 aliphatic carbocycles. The first kappa shape index (κ1) is 25.6. The number of hydrogen-bond acceptors (Lipinski definition) is 12. The SMILES string of the molecule is CO/N=C(\C(=O)NC1C(=O)N2C(C(=O)[O-])=C(C[n+]3ccc4scc(C(=O)O)c4c3)CS[C@H]12)c1csc(N)n1. The third-order valence-corrected chi connectivity index (χ3v) is 8.84. The Morgan fingerprint density at radius 2 is 2.16 bits per heavy atom. The molecule has 1 saturated heterocycles. The number of pyridine rings is 1. The normalized spacial score (nSPS) is 19.2. The lowest BCUT2D eigenvalue weighted by atomic mass is 10.0. The van der Waals surface area contributed by atoms with Crippen molar-refractivity contribution in [3.63, 3.8) is 0 Å². The highest BCUT2D eigenvalue weighted by atomic mass is 32.2. The number of anilines is 1. The first-order valence-electron chi connectivity index (χ1n) is 10.8. The quantitative estimate of drug-likeness (QED) is 0.135. The van der Waals surface area contributed by atoms with Crippen LogP contribution in [0.25, 0.3) is 10.1 Å². The minimum atomic E-state index is -1.52. The van der Waals surface area contributed by atoms with Gasteiger partial charge in [0.15, 0.2) is 29.8 Å². The van der Waals surface area contributed by atoms with Gasteiger partial charge in [-0.3, -0.25) is 14.5 Å². The number of aromatic nitrogens is 2. The molecule has 1 fully saturated rings. The molecule has 4 N–H and O–H groups in total. The van der Waals surface area contributed by atoms with Crippen molar-refractivity contribution >= 4 is 79.1 Å². The van der Waals surface area contributed by atoms with Gasteiger partial charge in [0.05, 0.1) is 22.6 Å². The molecule has 1 unspecified atom stereocenters. The predicted octanol–water partition coefficient (Wildman–Crippen LogP) is -0.620. The first-order valence-corrected chi connectivity index (χ1v) is 13.7. The number of rotatable bonds is 8. The summed E-state index contributed by atoms with van der Waals surface area (Å²) in [5, 5.41) is 31.0. The fourth-order valence-electron chi connectivity index (χ4n) is 4.20. The Bertz CT molecular complexity index is 1560. The highest BCUT2D eigenvalue weighted by molar-refractivity contribution is 8.00. The maximum absolute atomic E-state index is 13.0. The van der Waals surface area contributed by atoms with Gasteiger partial charge in [-0.2, -0.15) is 0 Å². The van der Waals surface area contributed by atoms with Gasteiger partial charge in [-0.25, -0.2) is 14.3 Å². The molecule has 0 radical (unpaired) electrons. The second-order valence-corrected chi connectivity index (χ2v) is 11.0. The van der Waals surface area contributed by atoms with E-state index in [2.05, 4.69) is 15.5 Å². The highest BCUT2D eigenvalue weighted by Gasteiger charge is 2.53. The molecule has 2 atom stereocenters. The summed E-state index contributed by atoms with van der Waals surface area (Å²) in [4.78, 5) is 59.4. The highest BCUT2D eigenvalue weighted by Crippen LogP contribution is 2.40. The van der Waals surface area contributed by atoms with Crippen LogP contribution in [-0.2, 0) is 25.8 Å². The number of thioether (sulfide) groups is 1. The van der Waals surface area contributed by atoms with Crippen molar-refractivity contribution in [3.8, 4) is 0 Å². The Labute approximate surface area is 226 Å². The van der Waals surface area contributed by atoms with E-state index in [1.807, 2.05) is 0 Å². The fraction of sp³-hybridized carbons (Fsp3) is 0.227. The van der Waals surface area contributed by atoms with Crippen LogP contribution in [0.3, 0.4) is 0 Å². The van der Waals surface area contributed by atoms with Crippen LogP contribution < -0.4 is 20.7 Å². The van der Waals surface area contributed by atoms with E-state index in [1.54, 1.807) is 28.4 Å². The van der Waals surface area contributed by atoms with Crippen molar-refractivity contribution in [1.82, 2.24) is 15.2 Å². The van der Waals surface area contributed by atoms with Gasteiger partial charge >= 0.3 is 5.97 Å². The molecule has 0 bridgehead atoms. The van der Waals surface area contributed by atoms with Gasteiger partial charge in [-0.05, 0) is 0 Å². The Hall–Kier alpha value is -4.02. The summed E-state index contributed by atoms with van der Waals surface area (Å²) in [7, 11) is 1.26. The third-order valence-electron chi connectivity index (χ3n) is 5.86. The number of β-lactam (4-membered cyclic amide) rings is 1. The van der Waals surface area contributed by atoms with E-state index in [4.69, 9.17) is 10.6 Å². The number of thiazole rings is 1. The summed E-state index contributed by atoms with van der Waals surface area (Å²) in [6.45, 7) is 0.102. The number of aromatic carboxylic acids is 1. The van der Waals surface area contributed by atoms with Crippen molar-refractivity contribution in [2.75, 3.05) is 18.6 Å². The average molecular weight is 575 g/mol. The van der Waals surface area contributed by atoms with Crippen LogP contribution >= 0.6 is 34.4 Å². The number of nitrogens with two attached hydrogens (primary N) is 1. The van der Waals surface area contributed by atoms with Crippen molar-refractivity contribution < 1.29 is 38.8 Å². The van der Waals surface area contributed by atoms with Crippen molar-refractivity contribution in [2.45, 2.75) is 18.0 Å². The van der Waals surface area contributed by atoms with Gasteiger partial charge in [0.1, 0.15) is 24.2 Å². The van der Waals surface area contributed by atoms with Crippen LogP contribution in [0.2, 0.25) is 0 Å². The number of aliphatic carboxylic acids is 1. The molecule has 2 amide bonds. The number of fused-ring (bicyclic) bond motifs is 2. The summed E-state index contributed by atoms with van der Waals surface area (Å²) in [5.74, 6) is -3.68. The predicted molar refractivity (Wildman–Crippen MR) is 136 cm³/mol. The summed E-state index contributed by atoms with van der Waals surface area (Å²) in [6.07, 6.45) is 3.35. The van der Waals surface area contributed by atoms with Gasteiger partial charge in [-0.1, -0.05) is 5.16 Å². The Kier molecular flexibility index (Phi) is 6.77. The third kappa shape index (κ3) is 4.46. The number of thiophene rings is 1. The van der Waals surface area contributed by atoms with Gasteiger partial charge in [0.2, 0.25) is 0 Å². The van der Waals surface area contributed by atoms with Gasteiger partial charge < -0.3 is 30.9 Å². The zero-order valence-corrected chi connectivity index (χ0v) is 21.9. The molecule has 5 heterocycles. The van der Waals surface area contributed by atoms with Crippen LogP contribution in [0.15, 0.2) is 45.6 Å². The molecule has 38 heavy (non-hydrogen) atoms. The van der Waals surface area contributed by atoms with Crippen molar-refractivity contribution in [3.05, 3.63) is 51.7 Å². The molecule has 2 aliphatic rings. The van der Waals surface area contributed by atoms with Crippen molar-refractivity contribution in [2.24, 2.45) is 5.16 Å². The number of hydrogen-bond donors (Lipinski definition) is 3. The molecule has 196 valence electrons. The van der Waals surface area contributed by atoms with E-state index in [0.717, 1.165) is 20.9 Å². The maximum atomic E-state index is 13.0. The number of nitrogen functional groups attached to an aromatic ring is 1. The van der Waals surface area contributed by atoms with Gasteiger partial charge in [-0.15, -0.1) is 34.4 Å². The zero-order valence-electron chi connectivity index (χ0n) is 19.4. The number of carbonyl (C=O) groups is 4. The number of nitrogens with zero attached hydrogens (tertiary/aromatic N) is 4. The Morgan fingerprint density at radius 1 is 1.37 bits per heavy atom. The van der Waals surface area contributed by atoms with E-state index in [1.165, 1.54) is 35.6 Å². The number of oxime groups is 1. The largest absolute Gasteiger partial charge is 0.543 e. The second kappa shape index (κ2) is 10.0. The molecule has 13 nitrogen and oxygen atoms in total. The number of carboxylic acid groups (broad SMARTS) is 2. The lowest BCUT2D eigenvalue weighted by Gasteiger charge is -2.50. The topological polar surface area (TPSA) is 191 Å². The van der Waals surface area contributed by atoms with Crippen LogP contribution in [-0.4, -0.2) is 68.7 Å². The number of carbonyl (C=O) groups excluding carboxylic acids is 3. The molecule has 0 spiro atoms. The van der Waals surface area contributed by atoms with Crippen LogP contribution in [0.4, 0.5) is 5.13 Å². The Balaban J connectivity index is 1.37. The minimum Gasteiger partial charge on any atom is -0.543 e. The minimum absolute atomic E-state index is 0.102. The molecule has 0 saturated carbocycles. The standard InChI is InChI=1S/C22H18N6O7S3/c1-35-26-14(12-8-38-22(23)24-12)17(29)25-15-18(30)28-16(21(33)34)9(6-37-19(15)28)4-27-3-2-13-10(5-27)11(7-36-13)20(31)32/h2-3,5,7-8,15,19H,4,6H2,1H3,(H4-,23,24,25,29,31,32,33,34)/b26-14-/t15?,19-/m1/s1. The van der Waals surface area contributed by atoms with Crippen molar-refractivity contribution in [1.29, 1.82) is 0 Å². The number of carboxylic acids is 2. The van der Waals surface area contributed by atoms with Crippen LogP contribution in [0.1, 0.15) is 16.1 Å². The molecular weight excluding hydrogens is 556 g/mol. The van der Waals surface area contributed by atoms with E-state index < -0.39 is 35.2 Å². The summed E-state index contributed by atoms with van der Waals surface area (Å²) in [5.41, 5.74) is 5.94. The average Bonchev–Trinajstić information content (AvgIpc) is 3.51. The summed E-state index contributed by atoms with van der Waals surface area (Å²) >= 11 is 3.68. The Morgan fingerprint density at radius 3 is 2.82 bits per heavy atom. The number of amides is 2. The van der Waals surface area contributed by atoms with Gasteiger partial charge in [0.25, 0.3) is 11.8 Å². The molecule has 2 aliphatic heterocycles. The first-order chi connectivity index (χ1) is 18.2. The lowest BCUT2D eigenvalue weighted by Crippen LogP contribution is -2.71. The van der Waals surface area contributed by atoms with E-state index in [0.29, 0.717) is 11.0 Å². The molecular formula is C22H18N6O7S3. The molecule has 16 heteroatoms. The maximum Gasteiger partial charge on any atom is 0.337 e. The summed E-state index contributed by atoms with van der Waals surface area (Å²) < 4.78 is 2.44.